The van der Waals surface area contributed by atoms with E-state index in [1.807, 2.05) is 0 Å². The summed E-state index contributed by atoms with van der Waals surface area (Å²) in [6.07, 6.45) is 62.5. The molecule has 0 fully saturated rings. The summed E-state index contributed by atoms with van der Waals surface area (Å²) in [5.74, 6) is -0.959. The van der Waals surface area contributed by atoms with E-state index in [0.29, 0.717) is 19.3 Å². The summed E-state index contributed by atoms with van der Waals surface area (Å²) in [7, 11) is 0. The van der Waals surface area contributed by atoms with Gasteiger partial charge in [-0.1, -0.05) is 201 Å². The van der Waals surface area contributed by atoms with Crippen LogP contribution in [0.3, 0.4) is 0 Å². The van der Waals surface area contributed by atoms with E-state index in [1.54, 1.807) is 0 Å². The molecule has 6 nitrogen and oxygen atoms in total. The van der Waals surface area contributed by atoms with Crippen molar-refractivity contribution in [1.29, 1.82) is 0 Å². The maximum absolute atomic E-state index is 12.7. The number of carbonyl (C=O) groups is 3. The molecule has 0 aliphatic carbocycles. The fraction of sp³-hybridized carbons (Fsp3) is 0.648. The van der Waals surface area contributed by atoms with Crippen LogP contribution in [0.15, 0.2) is 97.2 Å². The van der Waals surface area contributed by atoms with Crippen molar-refractivity contribution < 1.29 is 28.6 Å². The molecule has 1 unspecified atom stereocenters. The normalized spacial score (nSPS) is 12.9. The molecule has 0 bridgehead atoms. The second-order valence-electron chi connectivity index (χ2n) is 15.7. The van der Waals surface area contributed by atoms with Crippen molar-refractivity contribution in [2.45, 2.75) is 213 Å². The molecule has 0 spiro atoms. The molecule has 340 valence electrons. The number of rotatable bonds is 42. The van der Waals surface area contributed by atoms with Crippen LogP contribution in [0.5, 0.6) is 0 Å². The molecule has 0 saturated carbocycles. The average molecular weight is 833 g/mol. The van der Waals surface area contributed by atoms with Gasteiger partial charge in [0.1, 0.15) is 13.2 Å². The second kappa shape index (κ2) is 48.0. The van der Waals surface area contributed by atoms with Crippen molar-refractivity contribution >= 4 is 17.9 Å². The molecular weight excluding hydrogens is 745 g/mol. The lowest BCUT2D eigenvalue weighted by Gasteiger charge is -2.18. The zero-order chi connectivity index (χ0) is 43.7. The van der Waals surface area contributed by atoms with E-state index in [1.165, 1.54) is 44.9 Å². The summed E-state index contributed by atoms with van der Waals surface area (Å²) in [5, 5.41) is 0. The van der Waals surface area contributed by atoms with Gasteiger partial charge in [-0.3, -0.25) is 14.4 Å². The van der Waals surface area contributed by atoms with Crippen LogP contribution in [0.2, 0.25) is 0 Å². The van der Waals surface area contributed by atoms with E-state index < -0.39 is 6.10 Å². The van der Waals surface area contributed by atoms with Crippen LogP contribution in [0.25, 0.3) is 0 Å². The molecule has 60 heavy (non-hydrogen) atoms. The Kier molecular flexibility index (Phi) is 45.1. The Morgan fingerprint density at radius 2 is 0.733 bits per heavy atom. The first kappa shape index (κ1) is 56.3. The molecule has 0 amide bonds. The maximum Gasteiger partial charge on any atom is 0.306 e. The zero-order valence-electron chi connectivity index (χ0n) is 38.7. The van der Waals surface area contributed by atoms with E-state index in [0.717, 1.165) is 122 Å². The molecule has 0 aromatic carbocycles. The highest BCUT2D eigenvalue weighted by atomic mass is 16.6. The van der Waals surface area contributed by atoms with E-state index >= 15 is 0 Å². The van der Waals surface area contributed by atoms with Crippen LogP contribution >= 0.6 is 0 Å². The number of ether oxygens (including phenoxy) is 3. The van der Waals surface area contributed by atoms with E-state index in [2.05, 4.69) is 118 Å². The van der Waals surface area contributed by atoms with E-state index in [-0.39, 0.29) is 31.1 Å². The highest BCUT2D eigenvalue weighted by Gasteiger charge is 2.19. The smallest absolute Gasteiger partial charge is 0.306 e. The lowest BCUT2D eigenvalue weighted by atomic mass is 10.1. The third kappa shape index (κ3) is 45.4. The fourth-order valence-electron chi connectivity index (χ4n) is 6.29. The van der Waals surface area contributed by atoms with Crippen LogP contribution in [0.1, 0.15) is 207 Å². The Labute approximate surface area is 368 Å². The zero-order valence-corrected chi connectivity index (χ0v) is 38.7. The van der Waals surface area contributed by atoms with Crippen molar-refractivity contribution in [3.05, 3.63) is 97.2 Å². The van der Waals surface area contributed by atoms with Crippen LogP contribution in [0, 0.1) is 0 Å². The Balaban J connectivity index is 4.45. The first-order valence-corrected chi connectivity index (χ1v) is 24.3. The van der Waals surface area contributed by atoms with Gasteiger partial charge in [-0.15, -0.1) is 0 Å². The van der Waals surface area contributed by atoms with Crippen molar-refractivity contribution in [2.24, 2.45) is 0 Å². The number of carbonyl (C=O) groups excluding carboxylic acids is 3. The Hall–Kier alpha value is -3.67. The van der Waals surface area contributed by atoms with Gasteiger partial charge in [0.25, 0.3) is 0 Å². The van der Waals surface area contributed by atoms with Gasteiger partial charge in [-0.25, -0.2) is 0 Å². The van der Waals surface area contributed by atoms with Crippen LogP contribution in [0.4, 0.5) is 0 Å². The molecule has 0 aromatic heterocycles. The van der Waals surface area contributed by atoms with Gasteiger partial charge >= 0.3 is 17.9 Å². The van der Waals surface area contributed by atoms with Crippen molar-refractivity contribution in [1.82, 2.24) is 0 Å². The Morgan fingerprint density at radius 1 is 0.367 bits per heavy atom. The first-order chi connectivity index (χ1) is 29.5. The van der Waals surface area contributed by atoms with Crippen molar-refractivity contribution in [3.63, 3.8) is 0 Å². The summed E-state index contributed by atoms with van der Waals surface area (Å²) in [5.41, 5.74) is 0. The molecule has 0 aliphatic heterocycles. The van der Waals surface area contributed by atoms with Crippen molar-refractivity contribution in [2.75, 3.05) is 13.2 Å². The van der Waals surface area contributed by atoms with Crippen LogP contribution in [-0.4, -0.2) is 37.2 Å². The quantitative estimate of drug-likeness (QED) is 0.0200. The average Bonchev–Trinajstić information content (AvgIpc) is 3.24. The van der Waals surface area contributed by atoms with Gasteiger partial charge in [0.05, 0.1) is 0 Å². The molecule has 0 radical (unpaired) electrons. The van der Waals surface area contributed by atoms with Gasteiger partial charge in [0, 0.05) is 19.3 Å². The molecule has 6 heteroatoms. The topological polar surface area (TPSA) is 78.9 Å². The van der Waals surface area contributed by atoms with Gasteiger partial charge in [-0.05, 0) is 83.5 Å². The minimum atomic E-state index is -0.799. The first-order valence-electron chi connectivity index (χ1n) is 24.3. The predicted molar refractivity (Wildman–Crippen MR) is 256 cm³/mol. The van der Waals surface area contributed by atoms with Gasteiger partial charge in [0.2, 0.25) is 0 Å². The molecule has 0 aliphatic rings. The molecular formula is C54H88O6. The number of hydrogen-bond donors (Lipinski definition) is 0. The van der Waals surface area contributed by atoms with Crippen molar-refractivity contribution in [3.8, 4) is 0 Å². The molecule has 0 heterocycles. The highest BCUT2D eigenvalue weighted by molar-refractivity contribution is 5.71. The number of unbranched alkanes of at least 4 members (excludes halogenated alkanes) is 17. The standard InChI is InChI=1S/C54H88O6/c1-4-7-10-13-16-19-22-24-25-26-27-28-29-31-32-35-38-41-44-47-53(56)59-50-51(49-58-52(55)46-43-40-37-34-21-18-15-12-9-6-3)60-54(57)48-45-42-39-36-33-30-23-20-17-14-11-8-5-2/h7-8,10-11,14,16-17,19-20,23-25,27-28,31-32,51H,4-6,9,12-13,15,18,21-22,26,29-30,33-50H2,1-3H3/b10-7-,11-8-,17-14-,19-16-,23-20-,25-24-,28-27-,32-31-. The monoisotopic (exact) mass is 833 g/mol. The Morgan fingerprint density at radius 3 is 1.22 bits per heavy atom. The number of allylic oxidation sites excluding steroid dienone is 16. The second-order valence-corrected chi connectivity index (χ2v) is 15.7. The van der Waals surface area contributed by atoms with Crippen LogP contribution < -0.4 is 0 Å². The Bertz CT molecular complexity index is 1230. The SMILES string of the molecule is CC\C=C/C=C\C=C/CCCCCCCC(=O)OC(COC(=O)CCCCC/C=C\C/C=C\C/C=C\C/C=C\C/C=C\CC)COC(=O)CCCCCCCCCCCC. The fourth-order valence-corrected chi connectivity index (χ4v) is 6.29. The maximum atomic E-state index is 12.7. The third-order valence-corrected chi connectivity index (χ3v) is 9.90. The lowest BCUT2D eigenvalue weighted by molar-refractivity contribution is -0.167. The number of hydrogen-bond acceptors (Lipinski definition) is 6. The molecule has 0 saturated heterocycles. The molecule has 1 atom stereocenters. The summed E-state index contributed by atoms with van der Waals surface area (Å²) in [6, 6.07) is 0. The number of esters is 3. The summed E-state index contributed by atoms with van der Waals surface area (Å²) in [6.45, 7) is 6.31. The largest absolute Gasteiger partial charge is 0.462 e. The third-order valence-electron chi connectivity index (χ3n) is 9.90. The van der Waals surface area contributed by atoms with E-state index in [9.17, 15) is 14.4 Å². The summed E-state index contributed by atoms with van der Waals surface area (Å²) >= 11 is 0. The van der Waals surface area contributed by atoms with Gasteiger partial charge < -0.3 is 14.2 Å². The predicted octanol–water partition coefficient (Wildman–Crippen LogP) is 15.8. The lowest BCUT2D eigenvalue weighted by Crippen LogP contribution is -2.30. The van der Waals surface area contributed by atoms with E-state index in [4.69, 9.17) is 14.2 Å². The van der Waals surface area contributed by atoms with Gasteiger partial charge in [0.15, 0.2) is 6.10 Å². The highest BCUT2D eigenvalue weighted by Crippen LogP contribution is 2.13. The minimum absolute atomic E-state index is 0.0968. The summed E-state index contributed by atoms with van der Waals surface area (Å²) in [4.78, 5) is 37.8. The molecule has 0 rings (SSSR count). The summed E-state index contributed by atoms with van der Waals surface area (Å²) < 4.78 is 16.7. The molecule has 0 aromatic rings. The minimum Gasteiger partial charge on any atom is -0.462 e. The molecule has 0 N–H and O–H groups in total. The van der Waals surface area contributed by atoms with Crippen LogP contribution in [-0.2, 0) is 28.6 Å². The van der Waals surface area contributed by atoms with Gasteiger partial charge in [-0.2, -0.15) is 0 Å².